The van der Waals surface area contributed by atoms with Gasteiger partial charge in [-0.2, -0.15) is 15.0 Å². The topological polar surface area (TPSA) is 86.0 Å². The molecule has 0 bridgehead atoms. The van der Waals surface area contributed by atoms with Gasteiger partial charge in [-0.3, -0.25) is 0 Å². The lowest BCUT2D eigenvalue weighted by Crippen LogP contribution is -2.11. The zero-order chi connectivity index (χ0) is 12.3. The fourth-order valence-corrected chi connectivity index (χ4v) is 2.06. The molecule has 6 nitrogen and oxygen atoms in total. The summed E-state index contributed by atoms with van der Waals surface area (Å²) in [4.78, 5) is 13.1. The van der Waals surface area contributed by atoms with Crippen LogP contribution in [0, 0.1) is 0 Å². The number of thiophene rings is 1. The first-order chi connectivity index (χ1) is 8.19. The molecule has 2 heterocycles. The van der Waals surface area contributed by atoms with E-state index >= 15 is 0 Å². The highest BCUT2D eigenvalue weighted by Gasteiger charge is 2.10. The lowest BCUT2D eigenvalue weighted by Gasteiger charge is -2.12. The van der Waals surface area contributed by atoms with E-state index in [0.717, 1.165) is 0 Å². The van der Waals surface area contributed by atoms with Crippen molar-refractivity contribution >= 4 is 23.2 Å². The second kappa shape index (κ2) is 4.96. The van der Waals surface area contributed by atoms with Gasteiger partial charge in [0.15, 0.2) is 0 Å². The zero-order valence-electron chi connectivity index (χ0n) is 9.54. The Bertz CT molecular complexity index is 487. The molecule has 0 amide bonds. The van der Waals surface area contributed by atoms with Gasteiger partial charge < -0.3 is 15.8 Å². The molecule has 2 aromatic heterocycles. The first-order valence-electron chi connectivity index (χ1n) is 5.04. The molecule has 90 valence electrons. The van der Waals surface area contributed by atoms with Gasteiger partial charge >= 0.3 is 6.01 Å². The van der Waals surface area contributed by atoms with Crippen LogP contribution in [0.15, 0.2) is 17.5 Å². The van der Waals surface area contributed by atoms with Crippen LogP contribution in [0.5, 0.6) is 6.01 Å². The van der Waals surface area contributed by atoms with Gasteiger partial charge in [-0.25, -0.2) is 0 Å². The Morgan fingerprint density at radius 2 is 2.24 bits per heavy atom. The van der Waals surface area contributed by atoms with Crippen molar-refractivity contribution in [2.75, 3.05) is 18.2 Å². The molecule has 0 aliphatic carbocycles. The maximum atomic E-state index is 5.55. The normalized spacial score (nSPS) is 12.1. The highest BCUT2D eigenvalue weighted by Crippen LogP contribution is 2.22. The van der Waals surface area contributed by atoms with Gasteiger partial charge in [0, 0.05) is 4.88 Å². The molecule has 17 heavy (non-hydrogen) atoms. The number of nitrogen functional groups attached to an aromatic ring is 1. The molecule has 0 saturated heterocycles. The third-order valence-corrected chi connectivity index (χ3v) is 3.19. The van der Waals surface area contributed by atoms with Crippen LogP contribution in [-0.4, -0.2) is 22.1 Å². The quantitative estimate of drug-likeness (QED) is 0.860. The minimum absolute atomic E-state index is 0.113. The lowest BCUT2D eigenvalue weighted by molar-refractivity contribution is 0.379. The Labute approximate surface area is 103 Å². The number of hydrogen-bond donors (Lipinski definition) is 2. The summed E-state index contributed by atoms with van der Waals surface area (Å²) in [5, 5.41) is 5.17. The summed E-state index contributed by atoms with van der Waals surface area (Å²) in [6.45, 7) is 2.03. The Morgan fingerprint density at radius 3 is 2.88 bits per heavy atom. The summed E-state index contributed by atoms with van der Waals surface area (Å²) in [5.41, 5.74) is 5.55. The molecule has 0 aromatic carbocycles. The van der Waals surface area contributed by atoms with E-state index in [2.05, 4.69) is 20.3 Å². The number of anilines is 2. The van der Waals surface area contributed by atoms with Crippen LogP contribution in [0.3, 0.4) is 0 Å². The molecular formula is C10H13N5OS. The van der Waals surface area contributed by atoms with Gasteiger partial charge in [0.05, 0.1) is 13.2 Å². The minimum Gasteiger partial charge on any atom is -0.467 e. The fraction of sp³-hybridized carbons (Fsp3) is 0.300. The van der Waals surface area contributed by atoms with E-state index in [1.165, 1.54) is 12.0 Å². The molecular weight excluding hydrogens is 238 g/mol. The van der Waals surface area contributed by atoms with Crippen molar-refractivity contribution in [1.29, 1.82) is 0 Å². The van der Waals surface area contributed by atoms with E-state index in [4.69, 9.17) is 10.5 Å². The third-order valence-electron chi connectivity index (χ3n) is 2.13. The van der Waals surface area contributed by atoms with Crippen molar-refractivity contribution < 1.29 is 4.74 Å². The van der Waals surface area contributed by atoms with Crippen LogP contribution < -0.4 is 15.8 Å². The molecule has 0 aliphatic rings. The summed E-state index contributed by atoms with van der Waals surface area (Å²) in [7, 11) is 1.49. The summed E-state index contributed by atoms with van der Waals surface area (Å²) in [6, 6.07) is 4.37. The Morgan fingerprint density at radius 1 is 1.41 bits per heavy atom. The smallest absolute Gasteiger partial charge is 0.322 e. The van der Waals surface area contributed by atoms with Gasteiger partial charge in [-0.1, -0.05) is 6.07 Å². The first-order valence-corrected chi connectivity index (χ1v) is 5.92. The molecule has 0 radical (unpaired) electrons. The number of methoxy groups -OCH3 is 1. The van der Waals surface area contributed by atoms with Crippen molar-refractivity contribution in [2.45, 2.75) is 13.0 Å². The molecule has 0 aliphatic heterocycles. The van der Waals surface area contributed by atoms with Crippen LogP contribution in [0.1, 0.15) is 17.8 Å². The second-order valence-electron chi connectivity index (χ2n) is 3.39. The van der Waals surface area contributed by atoms with Crippen molar-refractivity contribution in [3.05, 3.63) is 22.4 Å². The van der Waals surface area contributed by atoms with Gasteiger partial charge in [-0.15, -0.1) is 11.3 Å². The molecule has 2 rings (SSSR count). The summed E-state index contributed by atoms with van der Waals surface area (Å²) in [5.74, 6) is 0.549. The number of aromatic nitrogens is 3. The van der Waals surface area contributed by atoms with Crippen LogP contribution in [-0.2, 0) is 0 Å². The SMILES string of the molecule is COc1nc(N)nc(NC(C)c2cccs2)n1. The van der Waals surface area contributed by atoms with Crippen molar-refractivity contribution in [1.82, 2.24) is 15.0 Å². The Kier molecular flexibility index (Phi) is 3.38. The highest BCUT2D eigenvalue weighted by atomic mass is 32.1. The number of rotatable bonds is 4. The number of nitrogens with one attached hydrogen (secondary N) is 1. The molecule has 1 unspecified atom stereocenters. The predicted molar refractivity (Wildman–Crippen MR) is 67.1 cm³/mol. The third kappa shape index (κ3) is 2.82. The highest BCUT2D eigenvalue weighted by molar-refractivity contribution is 7.10. The number of nitrogens with two attached hydrogens (primary N) is 1. The maximum absolute atomic E-state index is 5.55. The standard InChI is InChI=1S/C10H13N5OS/c1-6(7-4-3-5-17-7)12-9-13-8(11)14-10(15-9)16-2/h3-6H,1-2H3,(H3,11,12,13,14,15). The maximum Gasteiger partial charge on any atom is 0.322 e. The second-order valence-corrected chi connectivity index (χ2v) is 4.36. The molecule has 1 atom stereocenters. The average Bonchev–Trinajstić information content (AvgIpc) is 2.81. The molecule has 0 spiro atoms. The largest absolute Gasteiger partial charge is 0.467 e. The van der Waals surface area contributed by atoms with Gasteiger partial charge in [0.25, 0.3) is 0 Å². The van der Waals surface area contributed by atoms with Crippen LogP contribution in [0.2, 0.25) is 0 Å². The van der Waals surface area contributed by atoms with Crippen LogP contribution >= 0.6 is 11.3 Å². The van der Waals surface area contributed by atoms with E-state index in [1.807, 2.05) is 24.4 Å². The van der Waals surface area contributed by atoms with E-state index in [0.29, 0.717) is 5.95 Å². The molecule has 7 heteroatoms. The van der Waals surface area contributed by atoms with E-state index < -0.39 is 0 Å². The van der Waals surface area contributed by atoms with Crippen LogP contribution in [0.25, 0.3) is 0 Å². The number of hydrogen-bond acceptors (Lipinski definition) is 7. The average molecular weight is 251 g/mol. The molecule has 3 N–H and O–H groups in total. The Balaban J connectivity index is 2.15. The number of ether oxygens (including phenoxy) is 1. The zero-order valence-corrected chi connectivity index (χ0v) is 10.4. The van der Waals surface area contributed by atoms with E-state index in [9.17, 15) is 0 Å². The fourth-order valence-electron chi connectivity index (χ4n) is 1.33. The molecule has 0 saturated carbocycles. The van der Waals surface area contributed by atoms with E-state index in [-0.39, 0.29) is 18.0 Å². The van der Waals surface area contributed by atoms with Crippen LogP contribution in [0.4, 0.5) is 11.9 Å². The summed E-state index contributed by atoms with van der Waals surface area (Å²) >= 11 is 1.67. The predicted octanol–water partition coefficient (Wildman–Crippen LogP) is 1.70. The molecule has 0 fully saturated rings. The summed E-state index contributed by atoms with van der Waals surface area (Å²) in [6.07, 6.45) is 0. The lowest BCUT2D eigenvalue weighted by atomic mass is 10.3. The minimum atomic E-state index is 0.113. The first kappa shape index (κ1) is 11.6. The van der Waals surface area contributed by atoms with Crippen molar-refractivity contribution in [3.63, 3.8) is 0 Å². The molecule has 2 aromatic rings. The van der Waals surface area contributed by atoms with Gasteiger partial charge in [-0.05, 0) is 18.4 Å². The van der Waals surface area contributed by atoms with Gasteiger partial charge in [0.1, 0.15) is 0 Å². The van der Waals surface area contributed by atoms with Crippen molar-refractivity contribution in [2.24, 2.45) is 0 Å². The van der Waals surface area contributed by atoms with Crippen molar-refractivity contribution in [3.8, 4) is 6.01 Å². The number of nitrogens with zero attached hydrogens (tertiary/aromatic N) is 3. The summed E-state index contributed by atoms with van der Waals surface area (Å²) < 4.78 is 4.93. The monoisotopic (exact) mass is 251 g/mol. The van der Waals surface area contributed by atoms with E-state index in [1.54, 1.807) is 11.3 Å². The Hall–Kier alpha value is -1.89. The van der Waals surface area contributed by atoms with Gasteiger partial charge in [0.2, 0.25) is 11.9 Å².